The van der Waals surface area contributed by atoms with Gasteiger partial charge < -0.3 is 4.74 Å². The summed E-state index contributed by atoms with van der Waals surface area (Å²) in [6.07, 6.45) is 0.706. The molecule has 1 unspecified atom stereocenters. The molecule has 150 valence electrons. The van der Waals surface area contributed by atoms with Gasteiger partial charge in [-0.1, -0.05) is 72.5 Å². The molecule has 1 atom stereocenters. The third-order valence-electron chi connectivity index (χ3n) is 4.30. The number of nitrogens with one attached hydrogen (secondary N) is 1. The largest absolute Gasteiger partial charge is 0.465 e. The molecule has 0 bridgehead atoms. The van der Waals surface area contributed by atoms with Gasteiger partial charge in [-0.2, -0.15) is 0 Å². The van der Waals surface area contributed by atoms with Crippen LogP contribution in [0.15, 0.2) is 58.9 Å². The highest BCUT2D eigenvalue weighted by Gasteiger charge is 2.20. The van der Waals surface area contributed by atoms with Crippen molar-refractivity contribution in [1.29, 1.82) is 0 Å². The van der Waals surface area contributed by atoms with E-state index in [1.54, 1.807) is 12.1 Å². The van der Waals surface area contributed by atoms with Gasteiger partial charge in [0, 0.05) is 5.75 Å². The SMILES string of the molecule is CCC(C(=O)Nc1nnc(SCc2ccc(C(=O)OC)cc2)s1)c1ccccc1. The number of methoxy groups -OCH3 is 1. The number of anilines is 1. The predicted octanol–water partition coefficient (Wildman–Crippen LogP) is 4.75. The number of hydrogen-bond donors (Lipinski definition) is 1. The molecule has 0 spiro atoms. The normalized spacial score (nSPS) is 11.7. The van der Waals surface area contributed by atoms with Crippen LogP contribution in [0.25, 0.3) is 0 Å². The Labute approximate surface area is 177 Å². The average molecular weight is 428 g/mol. The van der Waals surface area contributed by atoms with Crippen LogP contribution in [0, 0.1) is 0 Å². The molecular formula is C21H21N3O3S2. The molecule has 3 aromatic rings. The van der Waals surface area contributed by atoms with Gasteiger partial charge >= 0.3 is 5.97 Å². The first kappa shape index (κ1) is 21.0. The van der Waals surface area contributed by atoms with Crippen molar-refractivity contribution in [3.63, 3.8) is 0 Å². The zero-order valence-corrected chi connectivity index (χ0v) is 17.8. The lowest BCUT2D eigenvalue weighted by molar-refractivity contribution is -0.117. The van der Waals surface area contributed by atoms with Crippen molar-refractivity contribution in [2.45, 2.75) is 29.4 Å². The Morgan fingerprint density at radius 1 is 1.10 bits per heavy atom. The summed E-state index contributed by atoms with van der Waals surface area (Å²) in [5, 5.41) is 11.6. The number of carbonyl (C=O) groups is 2. The van der Waals surface area contributed by atoms with Gasteiger partial charge in [-0.05, 0) is 29.7 Å². The van der Waals surface area contributed by atoms with E-state index in [1.807, 2.05) is 49.4 Å². The first-order valence-corrected chi connectivity index (χ1v) is 10.9. The molecule has 3 rings (SSSR count). The second-order valence-electron chi connectivity index (χ2n) is 6.21. The predicted molar refractivity (Wildman–Crippen MR) is 115 cm³/mol. The third-order valence-corrected chi connectivity index (χ3v) is 6.34. The van der Waals surface area contributed by atoms with E-state index >= 15 is 0 Å². The number of benzene rings is 2. The van der Waals surface area contributed by atoms with E-state index < -0.39 is 0 Å². The molecule has 2 aromatic carbocycles. The first-order chi connectivity index (χ1) is 14.1. The van der Waals surface area contributed by atoms with Gasteiger partial charge in [0.25, 0.3) is 0 Å². The van der Waals surface area contributed by atoms with Gasteiger partial charge in [0.05, 0.1) is 18.6 Å². The molecule has 0 aliphatic rings. The van der Waals surface area contributed by atoms with E-state index in [4.69, 9.17) is 4.74 Å². The molecule has 1 aromatic heterocycles. The highest BCUT2D eigenvalue weighted by atomic mass is 32.2. The summed E-state index contributed by atoms with van der Waals surface area (Å²) >= 11 is 2.88. The van der Waals surface area contributed by atoms with Crippen LogP contribution < -0.4 is 5.32 Å². The van der Waals surface area contributed by atoms with E-state index in [2.05, 4.69) is 15.5 Å². The summed E-state index contributed by atoms with van der Waals surface area (Å²) in [5.74, 6) is 0.0370. The van der Waals surface area contributed by atoms with Crippen molar-refractivity contribution >= 4 is 40.1 Å². The lowest BCUT2D eigenvalue weighted by Crippen LogP contribution is -2.20. The molecule has 29 heavy (non-hydrogen) atoms. The van der Waals surface area contributed by atoms with Gasteiger partial charge in [-0.25, -0.2) is 4.79 Å². The van der Waals surface area contributed by atoms with Crippen LogP contribution in [0.2, 0.25) is 0 Å². The molecular weight excluding hydrogens is 406 g/mol. The monoisotopic (exact) mass is 427 g/mol. The van der Waals surface area contributed by atoms with Crippen LogP contribution in [0.4, 0.5) is 5.13 Å². The molecule has 8 heteroatoms. The van der Waals surface area contributed by atoms with Crippen molar-refractivity contribution < 1.29 is 14.3 Å². The Kier molecular flexibility index (Phi) is 7.37. The fourth-order valence-corrected chi connectivity index (χ4v) is 4.48. The maximum atomic E-state index is 12.6. The summed E-state index contributed by atoms with van der Waals surface area (Å²) in [7, 11) is 1.36. The third kappa shape index (κ3) is 5.65. The van der Waals surface area contributed by atoms with Crippen LogP contribution in [0.3, 0.4) is 0 Å². The van der Waals surface area contributed by atoms with Crippen LogP contribution in [-0.2, 0) is 15.3 Å². The van der Waals surface area contributed by atoms with Crippen molar-refractivity contribution in [2.24, 2.45) is 0 Å². The van der Waals surface area contributed by atoms with Crippen molar-refractivity contribution in [3.05, 3.63) is 71.3 Å². The number of ether oxygens (including phenoxy) is 1. The Morgan fingerprint density at radius 3 is 2.48 bits per heavy atom. The van der Waals surface area contributed by atoms with Crippen molar-refractivity contribution in [1.82, 2.24) is 10.2 Å². The van der Waals surface area contributed by atoms with E-state index in [-0.39, 0.29) is 17.8 Å². The van der Waals surface area contributed by atoms with E-state index in [0.29, 0.717) is 22.9 Å². The Bertz CT molecular complexity index is 959. The van der Waals surface area contributed by atoms with E-state index in [1.165, 1.54) is 30.2 Å². The molecule has 1 amide bonds. The quantitative estimate of drug-likeness (QED) is 0.317. The summed E-state index contributed by atoms with van der Waals surface area (Å²) in [4.78, 5) is 24.1. The topological polar surface area (TPSA) is 81.2 Å². The van der Waals surface area contributed by atoms with Gasteiger partial charge in [-0.3, -0.25) is 10.1 Å². The number of thioether (sulfide) groups is 1. The molecule has 0 radical (unpaired) electrons. The summed E-state index contributed by atoms with van der Waals surface area (Å²) in [6.45, 7) is 1.99. The molecule has 6 nitrogen and oxygen atoms in total. The Balaban J connectivity index is 1.56. The molecule has 1 N–H and O–H groups in total. The standard InChI is InChI=1S/C21H21N3O3S2/c1-3-17(15-7-5-4-6-8-15)18(25)22-20-23-24-21(29-20)28-13-14-9-11-16(12-10-14)19(26)27-2/h4-12,17H,3,13H2,1-2H3,(H,22,23,25). The second kappa shape index (κ2) is 10.2. The zero-order valence-electron chi connectivity index (χ0n) is 16.1. The molecule has 0 saturated carbocycles. The van der Waals surface area contributed by atoms with Gasteiger partial charge in [0.2, 0.25) is 11.0 Å². The number of aromatic nitrogens is 2. The molecule has 0 aliphatic carbocycles. The molecule has 0 saturated heterocycles. The zero-order chi connectivity index (χ0) is 20.6. The Morgan fingerprint density at radius 2 is 1.83 bits per heavy atom. The van der Waals surface area contributed by atoms with Crippen LogP contribution >= 0.6 is 23.1 Å². The highest BCUT2D eigenvalue weighted by Crippen LogP contribution is 2.29. The smallest absolute Gasteiger partial charge is 0.337 e. The maximum Gasteiger partial charge on any atom is 0.337 e. The fourth-order valence-electron chi connectivity index (χ4n) is 2.77. The number of amides is 1. The average Bonchev–Trinajstić information content (AvgIpc) is 3.20. The highest BCUT2D eigenvalue weighted by molar-refractivity contribution is 8.00. The second-order valence-corrected chi connectivity index (χ2v) is 8.41. The van der Waals surface area contributed by atoms with Crippen LogP contribution in [-0.4, -0.2) is 29.2 Å². The van der Waals surface area contributed by atoms with E-state index in [0.717, 1.165) is 15.5 Å². The lowest BCUT2D eigenvalue weighted by Gasteiger charge is -2.13. The maximum absolute atomic E-state index is 12.6. The minimum absolute atomic E-state index is 0.0789. The first-order valence-electron chi connectivity index (χ1n) is 9.10. The van der Waals surface area contributed by atoms with Gasteiger partial charge in [-0.15, -0.1) is 10.2 Å². The number of nitrogens with zero attached hydrogens (tertiary/aromatic N) is 2. The van der Waals surface area contributed by atoms with E-state index in [9.17, 15) is 9.59 Å². The number of esters is 1. The number of rotatable bonds is 8. The fraction of sp³-hybridized carbons (Fsp3) is 0.238. The minimum Gasteiger partial charge on any atom is -0.465 e. The van der Waals surface area contributed by atoms with Gasteiger partial charge in [0.1, 0.15) is 0 Å². The van der Waals surface area contributed by atoms with Crippen molar-refractivity contribution in [2.75, 3.05) is 12.4 Å². The van der Waals surface area contributed by atoms with Crippen LogP contribution in [0.5, 0.6) is 0 Å². The lowest BCUT2D eigenvalue weighted by atomic mass is 9.96. The van der Waals surface area contributed by atoms with Crippen LogP contribution in [0.1, 0.15) is 40.7 Å². The summed E-state index contributed by atoms with van der Waals surface area (Å²) < 4.78 is 5.47. The molecule has 0 aliphatic heterocycles. The molecule has 1 heterocycles. The van der Waals surface area contributed by atoms with Crippen molar-refractivity contribution in [3.8, 4) is 0 Å². The number of carbonyl (C=O) groups excluding carboxylic acids is 2. The number of hydrogen-bond acceptors (Lipinski definition) is 7. The summed E-state index contributed by atoms with van der Waals surface area (Å²) in [6, 6.07) is 17.0. The van der Waals surface area contributed by atoms with Gasteiger partial charge in [0.15, 0.2) is 4.34 Å². The Hall–Kier alpha value is -2.71. The minimum atomic E-state index is -0.352. The molecule has 0 fully saturated rings. The summed E-state index contributed by atoms with van der Waals surface area (Å²) in [5.41, 5.74) is 2.56.